The summed E-state index contributed by atoms with van der Waals surface area (Å²) in [6.45, 7) is 0.0440. The number of halogens is 2. The van der Waals surface area contributed by atoms with Crippen LogP contribution in [0.25, 0.3) is 0 Å². The topological polar surface area (TPSA) is 156 Å². The molecule has 0 aliphatic heterocycles. The van der Waals surface area contributed by atoms with E-state index in [0.29, 0.717) is 0 Å². The molecule has 1 heterocycles. The van der Waals surface area contributed by atoms with Gasteiger partial charge in [-0.15, -0.1) is 0 Å². The summed E-state index contributed by atoms with van der Waals surface area (Å²) in [6.07, 6.45) is 0. The molecule has 14 heteroatoms. The van der Waals surface area contributed by atoms with Gasteiger partial charge in [-0.1, -0.05) is 23.4 Å². The van der Waals surface area contributed by atoms with Crippen LogP contribution in [-0.4, -0.2) is 42.1 Å². The van der Waals surface area contributed by atoms with Crippen molar-refractivity contribution in [1.82, 2.24) is 20.5 Å². The molecule has 0 atom stereocenters. The molecule has 0 amide bonds. The van der Waals surface area contributed by atoms with E-state index >= 15 is 0 Å². The molecular weight excluding hydrogens is 399 g/mol. The smallest absolute Gasteiger partial charge is 0.274 e. The number of nitrogens with one attached hydrogen (secondary N) is 2. The quantitative estimate of drug-likeness (QED) is 0.172. The Morgan fingerprint density at radius 3 is 2.88 bits per heavy atom. The van der Waals surface area contributed by atoms with E-state index < -0.39 is 16.0 Å². The van der Waals surface area contributed by atoms with Gasteiger partial charge in [-0.2, -0.15) is 8.42 Å². The number of nitrogens with two attached hydrogens (primary N) is 1. The fourth-order valence-electron chi connectivity index (χ4n) is 1.57. The van der Waals surface area contributed by atoms with E-state index in [4.69, 9.17) is 16.7 Å². The fraction of sp³-hybridized carbons (Fsp3) is 0.182. The molecule has 0 radical (unpaired) electrons. The maximum Gasteiger partial charge on any atom is 0.274 e. The van der Waals surface area contributed by atoms with Gasteiger partial charge in [0.2, 0.25) is 0 Å². The van der Waals surface area contributed by atoms with Gasteiger partial charge < -0.3 is 0 Å². The first kappa shape index (κ1) is 19.6. The molecule has 1 aromatic heterocycles. The average Bonchev–Trinajstić information content (AvgIpc) is 3.00. The molecule has 0 unspecified atom stereocenters. The predicted octanol–water partition coefficient (Wildman–Crippen LogP) is 0.804. The van der Waals surface area contributed by atoms with Crippen molar-refractivity contribution in [3.63, 3.8) is 0 Å². The molecule has 0 bridgehead atoms. The molecule has 0 saturated carbocycles. The highest BCUT2D eigenvalue weighted by Crippen LogP contribution is 2.24. The first-order valence-corrected chi connectivity index (χ1v) is 9.38. The Morgan fingerprint density at radius 2 is 2.24 bits per heavy atom. The zero-order valence-corrected chi connectivity index (χ0v) is 14.7. The van der Waals surface area contributed by atoms with Crippen molar-refractivity contribution in [1.29, 1.82) is 0 Å². The summed E-state index contributed by atoms with van der Waals surface area (Å²) < 4.78 is 41.4. The lowest BCUT2D eigenvalue weighted by Gasteiger charge is -2.04. The number of nitrogens with zero attached hydrogens (tertiary/aromatic N) is 3. The number of benzene rings is 1. The van der Waals surface area contributed by atoms with Gasteiger partial charge in [-0.25, -0.2) is 23.9 Å². The third-order valence-corrected chi connectivity index (χ3v) is 4.42. The van der Waals surface area contributed by atoms with E-state index in [9.17, 15) is 18.0 Å². The van der Waals surface area contributed by atoms with Crippen LogP contribution >= 0.6 is 23.4 Å². The van der Waals surface area contributed by atoms with Crippen LogP contribution in [0.15, 0.2) is 32.8 Å². The Kier molecular flexibility index (Phi) is 6.69. The second-order valence-corrected chi connectivity index (χ2v) is 7.25. The minimum absolute atomic E-state index is 0.0440. The van der Waals surface area contributed by atoms with Crippen molar-refractivity contribution in [3.05, 3.63) is 34.7 Å². The van der Waals surface area contributed by atoms with Crippen molar-refractivity contribution >= 4 is 45.1 Å². The first-order valence-electron chi connectivity index (χ1n) is 6.47. The molecule has 0 spiro atoms. The van der Waals surface area contributed by atoms with E-state index in [1.807, 2.05) is 5.48 Å². The lowest BCUT2D eigenvalue weighted by atomic mass is 10.3. The van der Waals surface area contributed by atoms with Crippen LogP contribution < -0.4 is 15.3 Å². The van der Waals surface area contributed by atoms with Crippen LogP contribution in [0.3, 0.4) is 0 Å². The van der Waals surface area contributed by atoms with Gasteiger partial charge in [-0.3, -0.25) is 10.7 Å². The Hall–Kier alpha value is -1.77. The molecule has 2 rings (SSSR count). The van der Waals surface area contributed by atoms with Crippen LogP contribution in [0, 0.1) is 5.82 Å². The molecule has 5 N–H and O–H groups in total. The van der Waals surface area contributed by atoms with Gasteiger partial charge in [0.25, 0.3) is 10.2 Å². The van der Waals surface area contributed by atoms with Crippen molar-refractivity contribution in [3.8, 4) is 0 Å². The SMILES string of the molecule is NS(=O)(=O)NCCSc1nonc1C(=Nc1ccc(F)c(Cl)c1)NO. The van der Waals surface area contributed by atoms with Gasteiger partial charge in [0.05, 0.1) is 10.7 Å². The zero-order chi connectivity index (χ0) is 18.4. The number of hydrogen-bond acceptors (Lipinski definition) is 8. The second-order valence-electron chi connectivity index (χ2n) is 4.38. The molecule has 0 fully saturated rings. The summed E-state index contributed by atoms with van der Waals surface area (Å²) in [5.74, 6) is -0.467. The summed E-state index contributed by atoms with van der Waals surface area (Å²) in [4.78, 5) is 4.05. The maximum atomic E-state index is 13.2. The number of rotatable bonds is 7. The molecule has 10 nitrogen and oxygen atoms in total. The Bertz CT molecular complexity index is 875. The summed E-state index contributed by atoms with van der Waals surface area (Å²) in [7, 11) is -3.79. The molecule has 2 aromatic rings. The monoisotopic (exact) mass is 410 g/mol. The van der Waals surface area contributed by atoms with Crippen LogP contribution in [0.2, 0.25) is 5.02 Å². The number of amidine groups is 1. The number of hydrogen-bond donors (Lipinski definition) is 4. The number of thioether (sulfide) groups is 1. The second kappa shape index (κ2) is 8.55. The minimum Gasteiger partial charge on any atom is -0.290 e. The molecule has 1 aromatic carbocycles. The third-order valence-electron chi connectivity index (χ3n) is 2.58. The molecule has 0 aliphatic carbocycles. The highest BCUT2D eigenvalue weighted by molar-refractivity contribution is 7.99. The van der Waals surface area contributed by atoms with Crippen molar-refractivity contribution in [2.75, 3.05) is 12.3 Å². The van der Waals surface area contributed by atoms with Gasteiger partial charge >= 0.3 is 0 Å². The van der Waals surface area contributed by atoms with E-state index in [1.165, 1.54) is 12.1 Å². The summed E-state index contributed by atoms with van der Waals surface area (Å²) in [5, 5.41) is 21.4. The molecule has 0 aliphatic rings. The highest BCUT2D eigenvalue weighted by Gasteiger charge is 2.17. The maximum absolute atomic E-state index is 13.2. The standard InChI is InChI=1S/C11H12ClFN6O4S2/c12-7-5-6(1-2-8(7)13)16-10(17-20)9-11(19-23-18-9)24-4-3-15-25(14,21)22/h1-2,5,15,20H,3-4H2,(H,16,17)(H2,14,21,22). The number of hydroxylamine groups is 1. The molecule has 0 saturated heterocycles. The fourth-order valence-corrected chi connectivity index (χ4v) is 3.01. The number of aliphatic imine (C=N–C) groups is 1. The normalized spacial score (nSPS) is 12.4. The van der Waals surface area contributed by atoms with Gasteiger partial charge in [-0.05, 0) is 28.5 Å². The van der Waals surface area contributed by atoms with Crippen molar-refractivity contribution in [2.45, 2.75) is 5.03 Å². The highest BCUT2D eigenvalue weighted by atomic mass is 35.5. The largest absolute Gasteiger partial charge is 0.290 e. The Labute approximate surface area is 150 Å². The van der Waals surface area contributed by atoms with E-state index in [1.54, 1.807) is 0 Å². The lowest BCUT2D eigenvalue weighted by Crippen LogP contribution is -2.32. The lowest BCUT2D eigenvalue weighted by molar-refractivity contribution is 0.234. The number of aromatic nitrogens is 2. The van der Waals surface area contributed by atoms with Crippen LogP contribution in [0.1, 0.15) is 5.69 Å². The van der Waals surface area contributed by atoms with Gasteiger partial charge in [0, 0.05) is 12.3 Å². The van der Waals surface area contributed by atoms with Crippen LogP contribution in [0.4, 0.5) is 10.1 Å². The molecule has 136 valence electrons. The van der Waals surface area contributed by atoms with E-state index in [0.717, 1.165) is 17.8 Å². The Morgan fingerprint density at radius 1 is 1.48 bits per heavy atom. The van der Waals surface area contributed by atoms with Crippen molar-refractivity contribution in [2.24, 2.45) is 10.1 Å². The van der Waals surface area contributed by atoms with E-state index in [2.05, 4.69) is 24.7 Å². The zero-order valence-electron chi connectivity index (χ0n) is 12.3. The predicted molar refractivity (Wildman–Crippen MR) is 88.7 cm³/mol. The van der Waals surface area contributed by atoms with Crippen molar-refractivity contribution < 1.29 is 22.6 Å². The molecule has 25 heavy (non-hydrogen) atoms. The third kappa shape index (κ3) is 5.91. The van der Waals surface area contributed by atoms with Crippen LogP contribution in [0.5, 0.6) is 0 Å². The summed E-state index contributed by atoms with van der Waals surface area (Å²) in [5.41, 5.74) is 2.17. The molecular formula is C11H12ClFN6O4S2. The van der Waals surface area contributed by atoms with Gasteiger partial charge in [0.15, 0.2) is 16.6 Å². The van der Waals surface area contributed by atoms with E-state index in [-0.39, 0.29) is 39.6 Å². The van der Waals surface area contributed by atoms with Gasteiger partial charge in [0.1, 0.15) is 5.82 Å². The summed E-state index contributed by atoms with van der Waals surface area (Å²) in [6, 6.07) is 3.71. The Balaban J connectivity index is 2.14. The average molecular weight is 411 g/mol. The minimum atomic E-state index is -3.79. The first-order chi connectivity index (χ1) is 11.8. The van der Waals surface area contributed by atoms with Crippen LogP contribution in [-0.2, 0) is 10.2 Å². The summed E-state index contributed by atoms with van der Waals surface area (Å²) >= 11 is 6.76.